The minimum Gasteiger partial charge on any atom is -0.480 e. The van der Waals surface area contributed by atoms with Crippen molar-refractivity contribution in [2.24, 2.45) is 0 Å². The first-order valence-electron chi connectivity index (χ1n) is 7.44. The van der Waals surface area contributed by atoms with Crippen LogP contribution in [0.3, 0.4) is 0 Å². The average Bonchev–Trinajstić information content (AvgIpc) is 3.16. The lowest BCUT2D eigenvalue weighted by atomic mass is 9.80. The predicted molar refractivity (Wildman–Crippen MR) is 85.6 cm³/mol. The highest BCUT2D eigenvalue weighted by atomic mass is 32.1. The summed E-state index contributed by atoms with van der Waals surface area (Å²) < 4.78 is 11.3. The smallest absolute Gasteiger partial charge is 0.322 e. The molecule has 24 heavy (non-hydrogen) atoms. The second-order valence-corrected chi connectivity index (χ2v) is 6.03. The quantitative estimate of drug-likeness (QED) is 0.527. The van der Waals surface area contributed by atoms with E-state index in [0.29, 0.717) is 22.7 Å². The number of aliphatic carboxylic acids is 1. The molecule has 0 radical (unpaired) electrons. The van der Waals surface area contributed by atoms with Gasteiger partial charge in [0.25, 0.3) is 5.91 Å². The number of thiol groups is 1. The number of nitrogens with one attached hydrogen (secondary N) is 1. The van der Waals surface area contributed by atoms with Crippen molar-refractivity contribution in [2.45, 2.75) is 17.9 Å². The van der Waals surface area contributed by atoms with Gasteiger partial charge in [0.2, 0.25) is 6.79 Å². The standard InChI is InChI=1S/C15H16N2O6S/c18-13(19)6-16-14(20)15(7-24)10(3-4-17(15)21)9-1-2-11-12(5-9)23-8-22-11/h1-2,5,10H,3-4,6-8H2,(H2-,16,18,19,20,24)/p+1. The summed E-state index contributed by atoms with van der Waals surface area (Å²) in [6.45, 7) is -0.246. The number of carboxylic acid groups (broad SMARTS) is 1. The first-order chi connectivity index (χ1) is 11.5. The Hall–Kier alpha value is -2.29. The number of rotatable bonds is 5. The molecule has 1 aromatic carbocycles. The Balaban J connectivity index is 1.94. The molecule has 3 rings (SSSR count). The molecule has 1 amide bonds. The van der Waals surface area contributed by atoms with Gasteiger partial charge in [-0.3, -0.25) is 9.59 Å². The normalized spacial score (nSPS) is 24.9. The van der Waals surface area contributed by atoms with Gasteiger partial charge in [-0.25, -0.2) is 0 Å². The number of carbonyl (C=O) groups excluding carboxylic acids is 1. The Morgan fingerprint density at radius 3 is 2.83 bits per heavy atom. The van der Waals surface area contributed by atoms with Crippen molar-refractivity contribution >= 4 is 24.5 Å². The number of carboxylic acids is 1. The number of nitroso groups, excluding NO2 is 1. The van der Waals surface area contributed by atoms with Crippen LogP contribution in [0.4, 0.5) is 0 Å². The lowest BCUT2D eigenvalue weighted by Crippen LogP contribution is -2.56. The Morgan fingerprint density at radius 1 is 1.38 bits per heavy atom. The maximum absolute atomic E-state index is 12.6. The number of hydrogen-bond acceptors (Lipinski definition) is 6. The van der Waals surface area contributed by atoms with Crippen LogP contribution in [-0.4, -0.2) is 52.9 Å². The van der Waals surface area contributed by atoms with Crippen LogP contribution in [0.25, 0.3) is 0 Å². The van der Waals surface area contributed by atoms with Crippen molar-refractivity contribution in [3.63, 3.8) is 0 Å². The van der Waals surface area contributed by atoms with E-state index in [1.807, 2.05) is 0 Å². The summed E-state index contributed by atoms with van der Waals surface area (Å²) in [5.41, 5.74) is -0.691. The monoisotopic (exact) mass is 353 g/mol. The van der Waals surface area contributed by atoms with Crippen LogP contribution in [0, 0.1) is 4.91 Å². The Bertz CT molecular complexity index is 709. The second kappa shape index (κ2) is 6.31. The number of fused-ring (bicyclic) bond motifs is 1. The number of hydrogen-bond donors (Lipinski definition) is 3. The molecule has 0 spiro atoms. The Labute approximate surface area is 143 Å². The Kier molecular flexibility index (Phi) is 4.35. The van der Waals surface area contributed by atoms with Gasteiger partial charge >= 0.3 is 11.5 Å². The first-order valence-corrected chi connectivity index (χ1v) is 8.07. The predicted octanol–water partition coefficient (Wildman–Crippen LogP) is 0.551. The molecule has 0 aromatic heterocycles. The number of carbonyl (C=O) groups is 2. The van der Waals surface area contributed by atoms with Crippen LogP contribution >= 0.6 is 12.6 Å². The van der Waals surface area contributed by atoms with Crippen LogP contribution < -0.4 is 14.8 Å². The fourth-order valence-electron chi connectivity index (χ4n) is 3.27. The summed E-state index contributed by atoms with van der Waals surface area (Å²) in [5.74, 6) is -1.07. The molecule has 2 unspecified atom stereocenters. The van der Waals surface area contributed by atoms with Crippen LogP contribution in [0.1, 0.15) is 17.9 Å². The fraction of sp³-hybridized carbons (Fsp3) is 0.467. The summed E-state index contributed by atoms with van der Waals surface area (Å²) in [4.78, 5) is 35.8. The SMILES string of the molecule is O=C(O)CNC(=O)C1(CS)C(c2ccc3c(c2)OCO3)CC[N+]1=O. The van der Waals surface area contributed by atoms with E-state index in [-0.39, 0.29) is 19.1 Å². The average molecular weight is 353 g/mol. The molecule has 2 atom stereocenters. The molecule has 0 bridgehead atoms. The first kappa shape index (κ1) is 16.6. The zero-order valence-corrected chi connectivity index (χ0v) is 13.6. The van der Waals surface area contributed by atoms with E-state index < -0.39 is 29.9 Å². The fourth-order valence-corrected chi connectivity index (χ4v) is 3.79. The highest BCUT2D eigenvalue weighted by molar-refractivity contribution is 7.80. The molecule has 1 fully saturated rings. The number of amides is 1. The van der Waals surface area contributed by atoms with E-state index >= 15 is 0 Å². The van der Waals surface area contributed by atoms with Gasteiger partial charge in [-0.15, -0.1) is 0 Å². The highest BCUT2D eigenvalue weighted by Crippen LogP contribution is 2.44. The van der Waals surface area contributed by atoms with Crippen molar-refractivity contribution < 1.29 is 28.9 Å². The van der Waals surface area contributed by atoms with Crippen LogP contribution in [0.15, 0.2) is 18.2 Å². The molecular formula is C15H17N2O6S+. The summed E-state index contributed by atoms with van der Waals surface area (Å²) in [6.07, 6.45) is 0.462. The van der Waals surface area contributed by atoms with Gasteiger partial charge in [0.1, 0.15) is 6.54 Å². The highest BCUT2D eigenvalue weighted by Gasteiger charge is 2.63. The number of ether oxygens (including phenoxy) is 2. The summed E-state index contributed by atoms with van der Waals surface area (Å²) in [7, 11) is 0. The summed E-state index contributed by atoms with van der Waals surface area (Å²) >= 11 is 4.23. The van der Waals surface area contributed by atoms with Crippen LogP contribution in [-0.2, 0) is 9.59 Å². The van der Waals surface area contributed by atoms with Crippen molar-refractivity contribution in [3.8, 4) is 11.5 Å². The second-order valence-electron chi connectivity index (χ2n) is 5.71. The van der Waals surface area contributed by atoms with Gasteiger partial charge in [0.05, 0.1) is 11.7 Å². The molecule has 2 heterocycles. The topological polar surface area (TPSA) is 105 Å². The zero-order valence-electron chi connectivity index (χ0n) is 12.7. The van der Waals surface area contributed by atoms with E-state index in [2.05, 4.69) is 17.9 Å². The van der Waals surface area contributed by atoms with Gasteiger partial charge < -0.3 is 19.9 Å². The number of benzene rings is 1. The van der Waals surface area contributed by atoms with Crippen molar-refractivity contribution in [1.82, 2.24) is 5.32 Å². The zero-order chi connectivity index (χ0) is 17.3. The molecule has 8 nitrogen and oxygen atoms in total. The molecule has 0 aliphatic carbocycles. The third-order valence-electron chi connectivity index (χ3n) is 4.48. The molecule has 1 aromatic rings. The third kappa shape index (κ3) is 2.58. The van der Waals surface area contributed by atoms with E-state index in [9.17, 15) is 14.5 Å². The maximum atomic E-state index is 12.6. The number of nitrogens with zero attached hydrogens (tertiary/aromatic N) is 1. The largest absolute Gasteiger partial charge is 0.480 e. The molecule has 2 aliphatic rings. The van der Waals surface area contributed by atoms with Gasteiger partial charge in [0, 0.05) is 16.1 Å². The van der Waals surface area contributed by atoms with Gasteiger partial charge in [-0.1, -0.05) is 6.07 Å². The van der Waals surface area contributed by atoms with Crippen molar-refractivity contribution in [1.29, 1.82) is 0 Å². The van der Waals surface area contributed by atoms with Crippen molar-refractivity contribution in [2.75, 3.05) is 25.6 Å². The minimum absolute atomic E-state index is 0.0267. The lowest BCUT2D eigenvalue weighted by molar-refractivity contribution is -0.586. The van der Waals surface area contributed by atoms with Crippen LogP contribution in [0.2, 0.25) is 0 Å². The molecule has 128 valence electrons. The maximum Gasteiger partial charge on any atom is 0.322 e. The van der Waals surface area contributed by atoms with Gasteiger partial charge in [0.15, 0.2) is 18.0 Å². The molecule has 2 N–H and O–H groups in total. The molecular weight excluding hydrogens is 336 g/mol. The van der Waals surface area contributed by atoms with E-state index in [0.717, 1.165) is 5.56 Å². The molecule has 0 saturated carbocycles. The van der Waals surface area contributed by atoms with E-state index in [1.54, 1.807) is 18.2 Å². The third-order valence-corrected chi connectivity index (χ3v) is 4.96. The molecule has 9 heteroatoms. The summed E-state index contributed by atoms with van der Waals surface area (Å²) in [5, 5.41) is 11.1. The molecule has 1 saturated heterocycles. The summed E-state index contributed by atoms with van der Waals surface area (Å²) in [6, 6.07) is 5.29. The van der Waals surface area contributed by atoms with Gasteiger partial charge in [-0.05, 0) is 17.7 Å². The minimum atomic E-state index is -1.45. The Morgan fingerprint density at radius 2 is 2.12 bits per heavy atom. The van der Waals surface area contributed by atoms with Crippen molar-refractivity contribution in [3.05, 3.63) is 28.7 Å². The van der Waals surface area contributed by atoms with E-state index in [4.69, 9.17) is 14.6 Å². The van der Waals surface area contributed by atoms with Crippen LogP contribution in [0.5, 0.6) is 11.5 Å². The van der Waals surface area contributed by atoms with E-state index in [1.165, 1.54) is 0 Å². The molecule has 2 aliphatic heterocycles. The van der Waals surface area contributed by atoms with Gasteiger partial charge in [-0.2, -0.15) is 12.6 Å². The lowest BCUT2D eigenvalue weighted by Gasteiger charge is -2.24.